The van der Waals surface area contributed by atoms with Crippen molar-refractivity contribution >= 4 is 34.8 Å². The molecule has 2 aromatic carbocycles. The molecule has 0 aliphatic heterocycles. The molecule has 0 unspecified atom stereocenters. The monoisotopic (exact) mass is 308 g/mol. The number of nitrogens with one attached hydrogen (secondary N) is 1. The third-order valence-electron chi connectivity index (χ3n) is 2.96. The van der Waals surface area contributed by atoms with E-state index in [1.54, 1.807) is 0 Å². The molecule has 0 fully saturated rings. The van der Waals surface area contributed by atoms with Crippen LogP contribution in [0.25, 0.3) is 0 Å². The van der Waals surface area contributed by atoms with Crippen LogP contribution in [0.4, 0.5) is 5.69 Å². The van der Waals surface area contributed by atoms with E-state index in [2.05, 4.69) is 5.32 Å². The molecule has 3 N–H and O–H groups in total. The maximum absolute atomic E-state index is 12.3. The van der Waals surface area contributed by atoms with Gasteiger partial charge in [-0.25, -0.2) is 0 Å². The highest BCUT2D eigenvalue weighted by Crippen LogP contribution is 2.27. The van der Waals surface area contributed by atoms with Crippen molar-refractivity contribution in [2.45, 2.75) is 13.0 Å². The average molecular weight is 309 g/mol. The van der Waals surface area contributed by atoms with Gasteiger partial charge in [0.05, 0.1) is 16.6 Å². The van der Waals surface area contributed by atoms with Gasteiger partial charge in [0.1, 0.15) is 0 Å². The minimum atomic E-state index is -0.319. The number of hydrogen-bond donors (Lipinski definition) is 2. The molecule has 0 aliphatic carbocycles. The van der Waals surface area contributed by atoms with Crippen molar-refractivity contribution in [2.75, 3.05) is 5.73 Å². The summed E-state index contributed by atoms with van der Waals surface area (Å²) in [6.07, 6.45) is 0. The number of halogens is 2. The summed E-state index contributed by atoms with van der Waals surface area (Å²) in [5.41, 5.74) is 7.33. The Morgan fingerprint density at radius 1 is 1.20 bits per heavy atom. The van der Waals surface area contributed by atoms with Gasteiger partial charge in [0, 0.05) is 10.7 Å². The van der Waals surface area contributed by atoms with Gasteiger partial charge in [-0.3, -0.25) is 4.79 Å². The van der Waals surface area contributed by atoms with Gasteiger partial charge in [-0.15, -0.1) is 0 Å². The van der Waals surface area contributed by atoms with Crippen LogP contribution in [-0.2, 0) is 0 Å². The number of rotatable bonds is 3. The largest absolute Gasteiger partial charge is 0.398 e. The maximum Gasteiger partial charge on any atom is 0.255 e. The quantitative estimate of drug-likeness (QED) is 0.840. The van der Waals surface area contributed by atoms with E-state index >= 15 is 0 Å². The molecular weight excluding hydrogens is 295 g/mol. The van der Waals surface area contributed by atoms with E-state index in [-0.39, 0.29) is 28.2 Å². The summed E-state index contributed by atoms with van der Waals surface area (Å²) in [6, 6.07) is 12.5. The molecule has 2 aromatic rings. The highest BCUT2D eigenvalue weighted by molar-refractivity contribution is 6.37. The molecule has 5 heteroatoms. The lowest BCUT2D eigenvalue weighted by atomic mass is 10.1. The van der Waals surface area contributed by atoms with Gasteiger partial charge in [-0.2, -0.15) is 0 Å². The van der Waals surface area contributed by atoms with Gasteiger partial charge in [0.2, 0.25) is 0 Å². The number of nitrogens with two attached hydrogens (primary N) is 1. The van der Waals surface area contributed by atoms with E-state index in [0.717, 1.165) is 5.56 Å². The fraction of sp³-hybridized carbons (Fsp3) is 0.133. The molecule has 0 saturated carbocycles. The first-order chi connectivity index (χ1) is 9.49. The fourth-order valence-corrected chi connectivity index (χ4v) is 2.52. The lowest BCUT2D eigenvalue weighted by molar-refractivity contribution is 0.0941. The summed E-state index contributed by atoms with van der Waals surface area (Å²) in [4.78, 5) is 12.3. The molecule has 1 atom stereocenters. The number of amides is 1. The standard InChI is InChI=1S/C15H14Cl2N2O/c1-9(10-5-3-2-4-6-10)19-15(20)14-12(17)7-11(16)8-13(14)18/h2-9H,18H2,1H3,(H,19,20)/t9-/m1/s1. The summed E-state index contributed by atoms with van der Waals surface area (Å²) < 4.78 is 0. The van der Waals surface area contributed by atoms with Crippen molar-refractivity contribution in [2.24, 2.45) is 0 Å². The Bertz CT molecular complexity index is 606. The van der Waals surface area contributed by atoms with Crippen molar-refractivity contribution < 1.29 is 4.79 Å². The Hall–Kier alpha value is -1.71. The fourth-order valence-electron chi connectivity index (χ4n) is 1.93. The molecule has 0 saturated heterocycles. The first kappa shape index (κ1) is 14.7. The van der Waals surface area contributed by atoms with Crippen LogP contribution < -0.4 is 11.1 Å². The van der Waals surface area contributed by atoms with Crippen LogP contribution >= 0.6 is 23.2 Å². The molecule has 0 aromatic heterocycles. The Kier molecular flexibility index (Phi) is 4.53. The second-order valence-electron chi connectivity index (χ2n) is 4.46. The summed E-state index contributed by atoms with van der Waals surface area (Å²) in [5, 5.41) is 3.51. The first-order valence-electron chi connectivity index (χ1n) is 6.09. The van der Waals surface area contributed by atoms with Gasteiger partial charge < -0.3 is 11.1 Å². The number of hydrogen-bond acceptors (Lipinski definition) is 2. The van der Waals surface area contributed by atoms with Crippen LogP contribution in [0.5, 0.6) is 0 Å². The second kappa shape index (κ2) is 6.16. The van der Waals surface area contributed by atoms with E-state index in [0.29, 0.717) is 5.02 Å². The molecule has 3 nitrogen and oxygen atoms in total. The van der Waals surface area contributed by atoms with Crippen LogP contribution in [0.3, 0.4) is 0 Å². The smallest absolute Gasteiger partial charge is 0.255 e. The average Bonchev–Trinajstić information content (AvgIpc) is 2.38. The van der Waals surface area contributed by atoms with E-state index in [4.69, 9.17) is 28.9 Å². The lowest BCUT2D eigenvalue weighted by Gasteiger charge is -2.16. The van der Waals surface area contributed by atoms with Crippen LogP contribution in [0.15, 0.2) is 42.5 Å². The molecule has 0 spiro atoms. The number of carbonyl (C=O) groups is 1. The van der Waals surface area contributed by atoms with Gasteiger partial charge in [-0.1, -0.05) is 53.5 Å². The predicted molar refractivity (Wildman–Crippen MR) is 83.2 cm³/mol. The highest BCUT2D eigenvalue weighted by Gasteiger charge is 2.17. The second-order valence-corrected chi connectivity index (χ2v) is 5.30. The maximum atomic E-state index is 12.3. The van der Waals surface area contributed by atoms with Gasteiger partial charge in [0.25, 0.3) is 5.91 Å². The van der Waals surface area contributed by atoms with Crippen molar-refractivity contribution in [3.05, 3.63) is 63.6 Å². The van der Waals surface area contributed by atoms with Crippen molar-refractivity contribution in [1.82, 2.24) is 5.32 Å². The van der Waals surface area contributed by atoms with Gasteiger partial charge in [-0.05, 0) is 24.6 Å². The van der Waals surface area contributed by atoms with Gasteiger partial charge in [0.15, 0.2) is 0 Å². The Morgan fingerprint density at radius 3 is 2.45 bits per heavy atom. The van der Waals surface area contributed by atoms with E-state index in [1.807, 2.05) is 37.3 Å². The number of anilines is 1. The minimum Gasteiger partial charge on any atom is -0.398 e. The minimum absolute atomic E-state index is 0.144. The summed E-state index contributed by atoms with van der Waals surface area (Å²) in [6.45, 7) is 1.90. The summed E-state index contributed by atoms with van der Waals surface area (Å²) in [5.74, 6) is -0.319. The highest BCUT2D eigenvalue weighted by atomic mass is 35.5. The first-order valence-corrected chi connectivity index (χ1v) is 6.85. The Labute approximate surface area is 127 Å². The van der Waals surface area contributed by atoms with Crippen molar-refractivity contribution in [3.63, 3.8) is 0 Å². The molecule has 0 heterocycles. The molecule has 1 amide bonds. The third kappa shape index (κ3) is 3.24. The molecule has 20 heavy (non-hydrogen) atoms. The molecular formula is C15H14Cl2N2O. The van der Waals surface area contributed by atoms with E-state index < -0.39 is 0 Å². The molecule has 0 radical (unpaired) electrons. The normalized spacial score (nSPS) is 11.9. The zero-order chi connectivity index (χ0) is 14.7. The number of carbonyl (C=O) groups excluding carboxylic acids is 1. The molecule has 0 aliphatic rings. The van der Waals surface area contributed by atoms with Crippen LogP contribution in [0, 0.1) is 0 Å². The third-order valence-corrected chi connectivity index (χ3v) is 3.48. The van der Waals surface area contributed by atoms with E-state index in [9.17, 15) is 4.79 Å². The van der Waals surface area contributed by atoms with Crippen LogP contribution in [0.2, 0.25) is 10.0 Å². The summed E-state index contributed by atoms with van der Waals surface area (Å²) in [7, 11) is 0. The lowest BCUT2D eigenvalue weighted by Crippen LogP contribution is -2.27. The SMILES string of the molecule is C[C@@H](NC(=O)c1c(N)cc(Cl)cc1Cl)c1ccccc1. The van der Waals surface area contributed by atoms with Crippen molar-refractivity contribution in [3.8, 4) is 0 Å². The molecule has 104 valence electrons. The number of nitrogen functional groups attached to an aromatic ring is 1. The topological polar surface area (TPSA) is 55.1 Å². The molecule has 0 bridgehead atoms. The van der Waals surface area contributed by atoms with Crippen LogP contribution in [-0.4, -0.2) is 5.91 Å². The van der Waals surface area contributed by atoms with Gasteiger partial charge >= 0.3 is 0 Å². The zero-order valence-corrected chi connectivity index (χ0v) is 12.4. The zero-order valence-electron chi connectivity index (χ0n) is 10.9. The Morgan fingerprint density at radius 2 is 1.85 bits per heavy atom. The molecule has 2 rings (SSSR count). The van der Waals surface area contributed by atoms with Crippen LogP contribution in [0.1, 0.15) is 28.9 Å². The van der Waals surface area contributed by atoms with Crippen molar-refractivity contribution in [1.29, 1.82) is 0 Å². The summed E-state index contributed by atoms with van der Waals surface area (Å²) >= 11 is 11.9. The predicted octanol–water partition coefficient (Wildman–Crippen LogP) is 4.07. The number of benzene rings is 2. The Balaban J connectivity index is 2.21. The van der Waals surface area contributed by atoms with E-state index in [1.165, 1.54) is 12.1 Å².